The summed E-state index contributed by atoms with van der Waals surface area (Å²) in [5.74, 6) is 1.28. The molecule has 1 aliphatic heterocycles. The summed E-state index contributed by atoms with van der Waals surface area (Å²) in [5, 5.41) is 10.8. The number of carbonyl (C=O) groups is 1. The summed E-state index contributed by atoms with van der Waals surface area (Å²) in [6.07, 6.45) is 1.27. The number of piperazine rings is 1. The van der Waals surface area contributed by atoms with Crippen LogP contribution in [0.3, 0.4) is 0 Å². The molecule has 0 saturated carbocycles. The molecule has 1 N–H and O–H groups in total. The van der Waals surface area contributed by atoms with Crippen molar-refractivity contribution in [2.75, 3.05) is 53.5 Å². The highest BCUT2D eigenvalue weighted by Gasteiger charge is 2.18. The van der Waals surface area contributed by atoms with Crippen LogP contribution in [0.15, 0.2) is 52.9 Å². The molecule has 3 aromatic rings. The van der Waals surface area contributed by atoms with Crippen molar-refractivity contribution in [1.29, 1.82) is 0 Å². The summed E-state index contributed by atoms with van der Waals surface area (Å²) in [5.41, 5.74) is 2.28. The summed E-state index contributed by atoms with van der Waals surface area (Å²) in [4.78, 5) is 17.3. The van der Waals surface area contributed by atoms with Crippen LogP contribution < -0.4 is 14.8 Å². The number of methoxy groups -OCH3 is 2. The molecule has 1 fully saturated rings. The molecule has 0 unspecified atom stereocenters. The lowest BCUT2D eigenvalue weighted by atomic mass is 10.1. The quantitative estimate of drug-likeness (QED) is 0.420. The first-order chi connectivity index (χ1) is 17.1. The van der Waals surface area contributed by atoms with Gasteiger partial charge in [-0.15, -0.1) is 10.2 Å². The maximum Gasteiger partial charge on any atom is 0.308 e. The highest BCUT2D eigenvalue weighted by Crippen LogP contribution is 2.28. The number of rotatable bonds is 11. The first kappa shape index (κ1) is 24.7. The minimum atomic E-state index is -0.344. The zero-order valence-electron chi connectivity index (χ0n) is 20.4. The second-order valence-corrected chi connectivity index (χ2v) is 8.58. The fourth-order valence-corrected chi connectivity index (χ4v) is 4.17. The second kappa shape index (κ2) is 12.3. The number of hydrogen-bond donors (Lipinski definition) is 1. The van der Waals surface area contributed by atoms with Gasteiger partial charge in [-0.05, 0) is 36.2 Å². The molecule has 1 aromatic heterocycles. The van der Waals surface area contributed by atoms with Gasteiger partial charge in [-0.25, -0.2) is 0 Å². The van der Waals surface area contributed by atoms with Crippen molar-refractivity contribution in [1.82, 2.24) is 25.3 Å². The Bertz CT molecular complexity index is 1080. The molecule has 0 bridgehead atoms. The van der Waals surface area contributed by atoms with E-state index in [4.69, 9.17) is 13.9 Å². The maximum atomic E-state index is 12.4. The van der Waals surface area contributed by atoms with E-state index in [1.165, 1.54) is 5.56 Å². The third kappa shape index (κ3) is 7.03. The third-order valence-electron chi connectivity index (χ3n) is 6.11. The fraction of sp³-hybridized carbons (Fsp3) is 0.423. The minimum Gasteiger partial charge on any atom is -0.493 e. The topological polar surface area (TPSA) is 93.0 Å². The number of nitrogens with zero attached hydrogens (tertiary/aromatic N) is 4. The van der Waals surface area contributed by atoms with Crippen LogP contribution in [-0.2, 0) is 13.0 Å². The number of amides is 1. The summed E-state index contributed by atoms with van der Waals surface area (Å²) in [6, 6.07) is 16.2. The number of hydrogen-bond acceptors (Lipinski definition) is 8. The van der Waals surface area contributed by atoms with E-state index >= 15 is 0 Å². The molecule has 0 radical (unpaired) electrons. The van der Waals surface area contributed by atoms with Crippen LogP contribution in [-0.4, -0.2) is 79.4 Å². The number of carbonyl (C=O) groups excluding carboxylic acids is 1. The molecule has 9 nitrogen and oxygen atoms in total. The molecule has 1 aliphatic rings. The van der Waals surface area contributed by atoms with Crippen molar-refractivity contribution in [3.8, 4) is 11.5 Å². The number of benzene rings is 2. The Morgan fingerprint density at radius 3 is 2.43 bits per heavy atom. The Balaban J connectivity index is 1.15. The Kier molecular flexibility index (Phi) is 8.69. The van der Waals surface area contributed by atoms with Gasteiger partial charge >= 0.3 is 11.8 Å². The van der Waals surface area contributed by atoms with Crippen molar-refractivity contribution in [3.63, 3.8) is 0 Å². The zero-order chi connectivity index (χ0) is 24.5. The Morgan fingerprint density at radius 2 is 1.69 bits per heavy atom. The van der Waals surface area contributed by atoms with Crippen molar-refractivity contribution >= 4 is 5.91 Å². The van der Waals surface area contributed by atoms with E-state index in [1.54, 1.807) is 14.2 Å². The first-order valence-electron chi connectivity index (χ1n) is 11.9. The van der Waals surface area contributed by atoms with Crippen LogP contribution in [0, 0.1) is 0 Å². The average molecular weight is 480 g/mol. The Morgan fingerprint density at radius 1 is 0.943 bits per heavy atom. The monoisotopic (exact) mass is 479 g/mol. The number of ether oxygens (including phenoxy) is 2. The third-order valence-corrected chi connectivity index (χ3v) is 6.11. The van der Waals surface area contributed by atoms with Crippen LogP contribution in [0.5, 0.6) is 11.5 Å². The highest BCUT2D eigenvalue weighted by atomic mass is 16.5. The van der Waals surface area contributed by atoms with Gasteiger partial charge in [0.05, 0.1) is 20.6 Å². The van der Waals surface area contributed by atoms with Crippen molar-refractivity contribution in [2.24, 2.45) is 0 Å². The van der Waals surface area contributed by atoms with Crippen LogP contribution in [0.4, 0.5) is 0 Å². The Labute approximate surface area is 206 Å². The summed E-state index contributed by atoms with van der Waals surface area (Å²) in [7, 11) is 3.18. The first-order valence-corrected chi connectivity index (χ1v) is 11.9. The van der Waals surface area contributed by atoms with Gasteiger partial charge in [0.15, 0.2) is 11.5 Å². The standard InChI is InChI=1S/C26H33N5O4/c1-33-22-10-9-21(17-23(22)34-2)18-24-28-29-26(35-24)25(32)27-11-6-12-30-13-15-31(16-14-30)19-20-7-4-3-5-8-20/h3-5,7-10,17H,6,11-16,18-19H2,1-2H3,(H,27,32). The number of nitrogens with one attached hydrogen (secondary N) is 1. The van der Waals surface area contributed by atoms with E-state index in [1.807, 2.05) is 18.2 Å². The van der Waals surface area contributed by atoms with E-state index in [0.717, 1.165) is 51.3 Å². The smallest absolute Gasteiger partial charge is 0.308 e. The molecule has 2 aromatic carbocycles. The van der Waals surface area contributed by atoms with Crippen molar-refractivity contribution in [3.05, 3.63) is 71.4 Å². The van der Waals surface area contributed by atoms with E-state index in [-0.39, 0.29) is 11.8 Å². The van der Waals surface area contributed by atoms with Gasteiger partial charge in [0.1, 0.15) is 0 Å². The van der Waals surface area contributed by atoms with Crippen LogP contribution in [0.1, 0.15) is 34.1 Å². The fourth-order valence-electron chi connectivity index (χ4n) is 4.17. The SMILES string of the molecule is COc1ccc(Cc2nnc(C(=O)NCCCN3CCN(Cc4ccccc4)CC3)o2)cc1OC. The van der Waals surface area contributed by atoms with E-state index in [2.05, 4.69) is 55.6 Å². The molecule has 186 valence electrons. The van der Waals surface area contributed by atoms with Gasteiger partial charge < -0.3 is 24.1 Å². The highest BCUT2D eigenvalue weighted by molar-refractivity contribution is 5.89. The van der Waals surface area contributed by atoms with E-state index in [0.29, 0.717) is 30.4 Å². The van der Waals surface area contributed by atoms with Gasteiger partial charge in [-0.2, -0.15) is 0 Å². The second-order valence-electron chi connectivity index (χ2n) is 8.58. The minimum absolute atomic E-state index is 0.0185. The molecule has 0 spiro atoms. The normalized spacial score (nSPS) is 14.6. The van der Waals surface area contributed by atoms with E-state index in [9.17, 15) is 4.79 Å². The molecule has 1 saturated heterocycles. The van der Waals surface area contributed by atoms with Crippen LogP contribution in [0.25, 0.3) is 0 Å². The van der Waals surface area contributed by atoms with Gasteiger partial charge in [-0.1, -0.05) is 36.4 Å². The summed E-state index contributed by atoms with van der Waals surface area (Å²) >= 11 is 0. The van der Waals surface area contributed by atoms with Gasteiger partial charge in [0.2, 0.25) is 5.89 Å². The lowest BCUT2D eigenvalue weighted by Gasteiger charge is -2.34. The van der Waals surface area contributed by atoms with Crippen LogP contribution in [0.2, 0.25) is 0 Å². The number of aromatic nitrogens is 2. The molecule has 1 amide bonds. The van der Waals surface area contributed by atoms with Gasteiger partial charge in [0.25, 0.3) is 0 Å². The summed E-state index contributed by atoms with van der Waals surface area (Å²) < 4.78 is 16.1. The Hall–Kier alpha value is -3.43. The molecular weight excluding hydrogens is 446 g/mol. The predicted molar refractivity (Wildman–Crippen MR) is 132 cm³/mol. The molecule has 9 heteroatoms. The van der Waals surface area contributed by atoms with Crippen molar-refractivity contribution in [2.45, 2.75) is 19.4 Å². The molecule has 0 aliphatic carbocycles. The largest absolute Gasteiger partial charge is 0.493 e. The predicted octanol–water partition coefficient (Wildman–Crippen LogP) is 2.62. The van der Waals surface area contributed by atoms with Gasteiger partial charge in [0, 0.05) is 39.3 Å². The maximum absolute atomic E-state index is 12.4. The lowest BCUT2D eigenvalue weighted by molar-refractivity contribution is 0.0911. The van der Waals surface area contributed by atoms with Gasteiger partial charge in [-0.3, -0.25) is 9.69 Å². The van der Waals surface area contributed by atoms with Crippen LogP contribution >= 0.6 is 0 Å². The lowest BCUT2D eigenvalue weighted by Crippen LogP contribution is -2.46. The zero-order valence-corrected chi connectivity index (χ0v) is 20.4. The van der Waals surface area contributed by atoms with Crippen molar-refractivity contribution < 1.29 is 18.7 Å². The summed E-state index contributed by atoms with van der Waals surface area (Å²) in [6.45, 7) is 6.74. The molecular formula is C26H33N5O4. The van der Waals surface area contributed by atoms with E-state index < -0.39 is 0 Å². The molecule has 4 rings (SSSR count). The molecule has 2 heterocycles. The average Bonchev–Trinajstić information content (AvgIpc) is 3.36. The molecule has 35 heavy (non-hydrogen) atoms. The molecule has 0 atom stereocenters.